The quantitative estimate of drug-likeness (QED) is 0.428. The maximum atomic E-state index is 11.9. The van der Waals surface area contributed by atoms with Gasteiger partial charge in [0.15, 0.2) is 0 Å². The molecule has 0 aliphatic rings. The number of rotatable bonds is 4. The van der Waals surface area contributed by atoms with E-state index >= 15 is 0 Å². The molecule has 2 amide bonds. The molecule has 2 aromatic carbocycles. The van der Waals surface area contributed by atoms with Gasteiger partial charge in [0.05, 0.1) is 5.69 Å². The number of fused-ring (bicyclic) bond motifs is 1. The maximum absolute atomic E-state index is 11.9. The largest absolute Gasteiger partial charge is 0.361 e. The smallest absolute Gasteiger partial charge is 0.321 e. The molecular formula is C24H22N6O. The lowest BCUT2D eigenvalue weighted by Gasteiger charge is -2.16. The topological polar surface area (TPSA) is 96.8 Å². The molecule has 0 saturated carbocycles. The van der Waals surface area contributed by atoms with Crippen LogP contribution in [-0.2, 0) is 0 Å². The van der Waals surface area contributed by atoms with Crippen LogP contribution in [0.25, 0.3) is 22.0 Å². The molecule has 2 heterocycles. The van der Waals surface area contributed by atoms with Gasteiger partial charge in [0.1, 0.15) is 11.8 Å². The first-order valence-corrected chi connectivity index (χ1v) is 9.79. The van der Waals surface area contributed by atoms with Crippen LogP contribution in [0.1, 0.15) is 11.3 Å². The summed E-state index contributed by atoms with van der Waals surface area (Å²) in [5.41, 5.74) is 6.48. The van der Waals surface area contributed by atoms with Crippen molar-refractivity contribution in [2.45, 2.75) is 6.92 Å². The number of carbonyl (C=O) groups excluding carboxylic acids is 1. The average molecular weight is 410 g/mol. The number of benzene rings is 2. The Morgan fingerprint density at radius 3 is 2.55 bits per heavy atom. The minimum absolute atomic E-state index is 0.204. The van der Waals surface area contributed by atoms with E-state index in [1.807, 2.05) is 54.7 Å². The normalized spacial score (nSPS) is 10.5. The van der Waals surface area contributed by atoms with Crippen molar-refractivity contribution < 1.29 is 4.79 Å². The second-order valence-corrected chi connectivity index (χ2v) is 7.40. The molecule has 0 spiro atoms. The number of nitrogens with one attached hydrogen (secondary N) is 3. The SMILES string of the molecule is Cc1c(Nc2ccnc(C#N)c2-c2ccc(NC(=O)N(C)C)cc2)ccc2[nH]ccc12. The van der Waals surface area contributed by atoms with Gasteiger partial charge in [-0.3, -0.25) is 0 Å². The summed E-state index contributed by atoms with van der Waals surface area (Å²) in [5.74, 6) is 0. The van der Waals surface area contributed by atoms with Crippen LogP contribution in [0.2, 0.25) is 0 Å². The lowest BCUT2D eigenvalue weighted by Crippen LogP contribution is -2.27. The number of hydrogen-bond acceptors (Lipinski definition) is 4. The zero-order chi connectivity index (χ0) is 22.0. The molecule has 3 N–H and O–H groups in total. The zero-order valence-electron chi connectivity index (χ0n) is 17.5. The summed E-state index contributed by atoms with van der Waals surface area (Å²) in [6.45, 7) is 2.06. The van der Waals surface area contributed by atoms with Crippen LogP contribution < -0.4 is 10.6 Å². The standard InChI is InChI=1S/C24H22N6O/c1-15-18-10-12-26-20(18)9-8-19(15)29-21-11-13-27-22(14-25)23(21)16-4-6-17(7-5-16)28-24(31)30(2)3/h4-13,26H,1-3H3,(H,27,29)(H,28,31). The highest BCUT2D eigenvalue weighted by molar-refractivity contribution is 5.92. The van der Waals surface area contributed by atoms with Crippen molar-refractivity contribution in [2.75, 3.05) is 24.7 Å². The van der Waals surface area contributed by atoms with E-state index in [0.717, 1.165) is 33.4 Å². The Labute approximate surface area is 180 Å². The van der Waals surface area contributed by atoms with Crippen molar-refractivity contribution in [2.24, 2.45) is 0 Å². The number of carbonyl (C=O) groups is 1. The number of urea groups is 1. The second-order valence-electron chi connectivity index (χ2n) is 7.40. The highest BCUT2D eigenvalue weighted by Crippen LogP contribution is 2.35. The molecule has 0 atom stereocenters. The molecule has 7 nitrogen and oxygen atoms in total. The molecule has 4 aromatic rings. The molecule has 154 valence electrons. The molecule has 7 heteroatoms. The number of anilines is 3. The van der Waals surface area contributed by atoms with Gasteiger partial charge in [-0.05, 0) is 54.4 Å². The van der Waals surface area contributed by atoms with E-state index < -0.39 is 0 Å². The van der Waals surface area contributed by atoms with Crippen molar-refractivity contribution >= 4 is 34.0 Å². The van der Waals surface area contributed by atoms with Crippen LogP contribution in [0.5, 0.6) is 0 Å². The van der Waals surface area contributed by atoms with Gasteiger partial charge in [0.25, 0.3) is 0 Å². The first-order valence-electron chi connectivity index (χ1n) is 9.79. The van der Waals surface area contributed by atoms with Gasteiger partial charge in [-0.1, -0.05) is 12.1 Å². The van der Waals surface area contributed by atoms with Crippen molar-refractivity contribution in [3.8, 4) is 17.2 Å². The summed E-state index contributed by atoms with van der Waals surface area (Å²) in [6.07, 6.45) is 3.55. The molecule has 2 aromatic heterocycles. The molecular weight excluding hydrogens is 388 g/mol. The summed E-state index contributed by atoms with van der Waals surface area (Å²) in [4.78, 5) is 20.8. The van der Waals surface area contributed by atoms with Gasteiger partial charge in [0.2, 0.25) is 0 Å². The summed E-state index contributed by atoms with van der Waals surface area (Å²) >= 11 is 0. The van der Waals surface area contributed by atoms with Crippen LogP contribution in [0, 0.1) is 18.3 Å². The molecule has 0 unspecified atom stereocenters. The summed E-state index contributed by atoms with van der Waals surface area (Å²) < 4.78 is 0. The zero-order valence-corrected chi connectivity index (χ0v) is 17.5. The van der Waals surface area contributed by atoms with E-state index in [1.165, 1.54) is 4.90 Å². The first kappa shape index (κ1) is 20.0. The van der Waals surface area contributed by atoms with Crippen LogP contribution in [0.3, 0.4) is 0 Å². The third-order valence-corrected chi connectivity index (χ3v) is 5.16. The minimum atomic E-state index is -0.204. The Bertz CT molecular complexity index is 1300. The van der Waals surface area contributed by atoms with Gasteiger partial charge < -0.3 is 20.5 Å². The van der Waals surface area contributed by atoms with E-state index in [-0.39, 0.29) is 6.03 Å². The number of hydrogen-bond donors (Lipinski definition) is 3. The number of amides is 2. The monoisotopic (exact) mass is 410 g/mol. The summed E-state index contributed by atoms with van der Waals surface area (Å²) in [7, 11) is 3.37. The van der Waals surface area contributed by atoms with Gasteiger partial charge >= 0.3 is 6.03 Å². The molecule has 0 aliphatic heterocycles. The number of nitriles is 1. The Kier molecular flexibility index (Phi) is 5.29. The predicted molar refractivity (Wildman–Crippen MR) is 123 cm³/mol. The third kappa shape index (κ3) is 3.91. The first-order chi connectivity index (χ1) is 15.0. The predicted octanol–water partition coefficient (Wildman–Crippen LogP) is 5.25. The Hall–Kier alpha value is -4.31. The van der Waals surface area contributed by atoms with E-state index in [2.05, 4.69) is 33.6 Å². The van der Waals surface area contributed by atoms with Gasteiger partial charge in [-0.25, -0.2) is 9.78 Å². The molecule has 0 saturated heterocycles. The Balaban J connectivity index is 1.72. The fourth-order valence-corrected chi connectivity index (χ4v) is 3.46. The number of aromatic nitrogens is 2. The summed E-state index contributed by atoms with van der Waals surface area (Å²) in [6, 6.07) is 17.3. The third-order valence-electron chi connectivity index (χ3n) is 5.16. The molecule has 0 aliphatic carbocycles. The van der Waals surface area contributed by atoms with Crippen molar-refractivity contribution in [3.63, 3.8) is 0 Å². The second kappa shape index (κ2) is 8.20. The lowest BCUT2D eigenvalue weighted by atomic mass is 10.0. The van der Waals surface area contributed by atoms with Crippen LogP contribution in [0.4, 0.5) is 21.9 Å². The van der Waals surface area contributed by atoms with E-state index in [9.17, 15) is 10.1 Å². The highest BCUT2D eigenvalue weighted by atomic mass is 16.2. The minimum Gasteiger partial charge on any atom is -0.361 e. The molecule has 4 rings (SSSR count). The lowest BCUT2D eigenvalue weighted by molar-refractivity contribution is 0.230. The number of H-pyrrole nitrogens is 1. The van der Waals surface area contributed by atoms with Gasteiger partial charge in [-0.2, -0.15) is 5.26 Å². The number of pyridine rings is 1. The van der Waals surface area contributed by atoms with Crippen molar-refractivity contribution in [1.82, 2.24) is 14.9 Å². The molecule has 0 bridgehead atoms. The summed E-state index contributed by atoms with van der Waals surface area (Å²) in [5, 5.41) is 17.1. The average Bonchev–Trinajstić information content (AvgIpc) is 3.26. The van der Waals surface area contributed by atoms with E-state index in [1.54, 1.807) is 20.3 Å². The molecule has 0 radical (unpaired) electrons. The Morgan fingerprint density at radius 1 is 1.06 bits per heavy atom. The van der Waals surface area contributed by atoms with Crippen LogP contribution in [0.15, 0.2) is 60.9 Å². The van der Waals surface area contributed by atoms with Crippen LogP contribution in [-0.4, -0.2) is 35.0 Å². The number of aromatic amines is 1. The molecule has 0 fully saturated rings. The van der Waals surface area contributed by atoms with Gasteiger partial charge in [-0.15, -0.1) is 0 Å². The van der Waals surface area contributed by atoms with Crippen LogP contribution >= 0.6 is 0 Å². The van der Waals surface area contributed by atoms with Crippen molar-refractivity contribution in [1.29, 1.82) is 5.26 Å². The fourth-order valence-electron chi connectivity index (χ4n) is 3.46. The van der Waals surface area contributed by atoms with E-state index in [4.69, 9.17) is 0 Å². The maximum Gasteiger partial charge on any atom is 0.321 e. The Morgan fingerprint density at radius 2 is 1.84 bits per heavy atom. The molecule has 31 heavy (non-hydrogen) atoms. The van der Waals surface area contributed by atoms with Gasteiger partial charge in [0, 0.05) is 54.3 Å². The number of aryl methyl sites for hydroxylation is 1. The van der Waals surface area contributed by atoms with E-state index in [0.29, 0.717) is 16.9 Å². The van der Waals surface area contributed by atoms with Crippen molar-refractivity contribution in [3.05, 3.63) is 72.2 Å². The fraction of sp³-hybridized carbons (Fsp3) is 0.125. The number of nitrogens with zero attached hydrogens (tertiary/aromatic N) is 3. The highest BCUT2D eigenvalue weighted by Gasteiger charge is 2.14.